The molecule has 3 aromatic rings. The summed E-state index contributed by atoms with van der Waals surface area (Å²) < 4.78 is 0. The molecule has 0 saturated carbocycles. The van der Waals surface area contributed by atoms with E-state index in [4.69, 9.17) is 4.84 Å². The molecule has 0 spiro atoms. The molecule has 0 aliphatic carbocycles. The predicted octanol–water partition coefficient (Wildman–Crippen LogP) is 3.44. The number of carbonyl (C=O) groups is 2. The van der Waals surface area contributed by atoms with Gasteiger partial charge in [0.1, 0.15) is 0 Å². The zero-order chi connectivity index (χ0) is 17.6. The lowest BCUT2D eigenvalue weighted by Gasteiger charge is -2.19. The number of hydrazine groups is 1. The first-order valence-electron chi connectivity index (χ1n) is 7.49. The molecule has 3 rings (SSSR count). The second kappa shape index (κ2) is 7.59. The summed E-state index contributed by atoms with van der Waals surface area (Å²) in [5, 5.41) is 3.17. The van der Waals surface area contributed by atoms with Gasteiger partial charge in [-0.2, -0.15) is 0 Å². The van der Waals surface area contributed by atoms with Crippen LogP contribution in [0.1, 0.15) is 17.3 Å². The molecule has 1 N–H and O–H groups in total. The van der Waals surface area contributed by atoms with E-state index in [1.165, 1.54) is 18.3 Å². The molecule has 0 aliphatic rings. The van der Waals surface area contributed by atoms with Gasteiger partial charge in [-0.1, -0.05) is 65.0 Å². The van der Waals surface area contributed by atoms with Crippen LogP contribution in [0.5, 0.6) is 0 Å². The molecule has 0 atom stereocenters. The van der Waals surface area contributed by atoms with Gasteiger partial charge in [0.05, 0.1) is 5.69 Å². The first-order chi connectivity index (χ1) is 12.1. The van der Waals surface area contributed by atoms with E-state index in [0.717, 1.165) is 16.4 Å². The van der Waals surface area contributed by atoms with Crippen molar-refractivity contribution in [3.63, 3.8) is 0 Å². The van der Waals surface area contributed by atoms with E-state index < -0.39 is 11.9 Å². The summed E-state index contributed by atoms with van der Waals surface area (Å²) in [6.07, 6.45) is 0. The van der Waals surface area contributed by atoms with E-state index in [1.54, 1.807) is 24.3 Å². The van der Waals surface area contributed by atoms with Gasteiger partial charge in [0, 0.05) is 23.4 Å². The van der Waals surface area contributed by atoms with Crippen LogP contribution in [-0.2, 0) is 9.63 Å². The molecule has 25 heavy (non-hydrogen) atoms. The van der Waals surface area contributed by atoms with Crippen LogP contribution >= 0.6 is 11.3 Å². The average Bonchev–Trinajstić information content (AvgIpc) is 3.12. The quantitative estimate of drug-likeness (QED) is 0.712. The lowest BCUT2D eigenvalue weighted by Crippen LogP contribution is -2.43. The van der Waals surface area contributed by atoms with Crippen LogP contribution in [0.3, 0.4) is 0 Å². The average molecular weight is 353 g/mol. The van der Waals surface area contributed by atoms with Crippen LogP contribution in [0.4, 0.5) is 5.13 Å². The van der Waals surface area contributed by atoms with Crippen LogP contribution < -0.4 is 10.6 Å². The molecular formula is C18H15N3O3S. The number of thiazole rings is 1. The molecule has 0 aliphatic heterocycles. The van der Waals surface area contributed by atoms with Crippen molar-refractivity contribution in [1.29, 1.82) is 0 Å². The van der Waals surface area contributed by atoms with Crippen LogP contribution in [0.2, 0.25) is 0 Å². The van der Waals surface area contributed by atoms with Crippen LogP contribution in [0, 0.1) is 0 Å². The van der Waals surface area contributed by atoms with Gasteiger partial charge in [0.2, 0.25) is 5.13 Å². The minimum atomic E-state index is -0.565. The zero-order valence-electron chi connectivity index (χ0n) is 13.4. The SMILES string of the molecule is CC(=O)ON(NC(=O)c1ccccc1)c1nc(-c2ccccc2)cs1. The molecule has 0 bridgehead atoms. The Morgan fingerprint density at radius 2 is 1.68 bits per heavy atom. The van der Waals surface area contributed by atoms with Crippen molar-refractivity contribution in [1.82, 2.24) is 10.4 Å². The first-order valence-corrected chi connectivity index (χ1v) is 8.37. The molecule has 0 saturated heterocycles. The number of hydrogen-bond acceptors (Lipinski definition) is 6. The smallest absolute Gasteiger partial charge is 0.318 e. The van der Waals surface area contributed by atoms with Crippen molar-refractivity contribution in [3.05, 3.63) is 71.6 Å². The van der Waals surface area contributed by atoms with E-state index in [1.807, 2.05) is 41.8 Å². The number of carbonyl (C=O) groups excluding carboxylic acids is 2. The molecule has 0 unspecified atom stereocenters. The van der Waals surface area contributed by atoms with E-state index >= 15 is 0 Å². The van der Waals surface area contributed by atoms with Crippen molar-refractivity contribution in [2.24, 2.45) is 0 Å². The Balaban J connectivity index is 1.83. The summed E-state index contributed by atoms with van der Waals surface area (Å²) in [6.45, 7) is 1.26. The van der Waals surface area contributed by atoms with Crippen LogP contribution in [0.15, 0.2) is 66.0 Å². The largest absolute Gasteiger partial charge is 0.331 e. The minimum absolute atomic E-state index is 0.346. The number of hydrogen-bond donors (Lipinski definition) is 1. The maximum Gasteiger partial charge on any atom is 0.331 e. The van der Waals surface area contributed by atoms with E-state index in [0.29, 0.717) is 10.7 Å². The Hall–Kier alpha value is -3.19. The summed E-state index contributed by atoms with van der Waals surface area (Å²) in [7, 11) is 0. The van der Waals surface area contributed by atoms with Gasteiger partial charge in [-0.3, -0.25) is 4.79 Å². The van der Waals surface area contributed by atoms with Gasteiger partial charge in [-0.05, 0) is 12.1 Å². The third-order valence-electron chi connectivity index (χ3n) is 3.19. The van der Waals surface area contributed by atoms with Gasteiger partial charge in [-0.15, -0.1) is 0 Å². The third-order valence-corrected chi connectivity index (χ3v) is 4.00. The van der Waals surface area contributed by atoms with Crippen molar-refractivity contribution < 1.29 is 14.4 Å². The molecule has 1 amide bonds. The summed E-state index contributed by atoms with van der Waals surface area (Å²) >= 11 is 1.25. The normalized spacial score (nSPS) is 10.1. The summed E-state index contributed by atoms with van der Waals surface area (Å²) in [5.41, 5.74) is 4.65. The van der Waals surface area contributed by atoms with Gasteiger partial charge in [-0.25, -0.2) is 15.2 Å². The topological polar surface area (TPSA) is 71.5 Å². The Morgan fingerprint density at radius 1 is 1.04 bits per heavy atom. The molecule has 2 aromatic carbocycles. The second-order valence-corrected chi connectivity index (χ2v) is 5.90. The first kappa shape index (κ1) is 16.7. The highest BCUT2D eigenvalue weighted by molar-refractivity contribution is 7.14. The van der Waals surface area contributed by atoms with Crippen LogP contribution in [-0.4, -0.2) is 16.9 Å². The fourth-order valence-electron chi connectivity index (χ4n) is 2.08. The van der Waals surface area contributed by atoms with Crippen molar-refractivity contribution in [3.8, 4) is 11.3 Å². The Bertz CT molecular complexity index is 866. The number of amides is 1. The lowest BCUT2D eigenvalue weighted by atomic mass is 10.2. The van der Waals surface area contributed by atoms with Gasteiger partial charge in [0.15, 0.2) is 0 Å². The number of rotatable bonds is 5. The Kier molecular flexibility index (Phi) is 5.06. The van der Waals surface area contributed by atoms with Gasteiger partial charge < -0.3 is 4.84 Å². The monoisotopic (exact) mass is 353 g/mol. The number of aromatic nitrogens is 1. The number of nitrogens with zero attached hydrogens (tertiary/aromatic N) is 2. The second-order valence-electron chi connectivity index (χ2n) is 5.07. The maximum absolute atomic E-state index is 12.3. The Morgan fingerprint density at radius 3 is 2.32 bits per heavy atom. The van der Waals surface area contributed by atoms with Crippen LogP contribution in [0.25, 0.3) is 11.3 Å². The minimum Gasteiger partial charge on any atom is -0.318 e. The molecule has 1 heterocycles. The summed E-state index contributed by atoms with van der Waals surface area (Å²) in [6, 6.07) is 18.2. The Labute approximate surface area is 148 Å². The highest BCUT2D eigenvalue weighted by atomic mass is 32.1. The third kappa shape index (κ3) is 4.21. The lowest BCUT2D eigenvalue weighted by molar-refractivity contribution is -0.143. The molecule has 1 aromatic heterocycles. The number of nitrogens with one attached hydrogen (secondary N) is 1. The van der Waals surface area contributed by atoms with Gasteiger partial charge in [0.25, 0.3) is 5.91 Å². The highest BCUT2D eigenvalue weighted by Crippen LogP contribution is 2.26. The summed E-state index contributed by atoms with van der Waals surface area (Å²) in [5.74, 6) is -0.969. The fourth-order valence-corrected chi connectivity index (χ4v) is 2.82. The summed E-state index contributed by atoms with van der Waals surface area (Å²) in [4.78, 5) is 33.2. The van der Waals surface area contributed by atoms with Crippen molar-refractivity contribution >= 4 is 28.3 Å². The molecule has 0 radical (unpaired) electrons. The highest BCUT2D eigenvalue weighted by Gasteiger charge is 2.19. The molecule has 7 heteroatoms. The molecule has 0 fully saturated rings. The molecule has 6 nitrogen and oxygen atoms in total. The van der Waals surface area contributed by atoms with Crippen molar-refractivity contribution in [2.75, 3.05) is 5.17 Å². The maximum atomic E-state index is 12.3. The van der Waals surface area contributed by atoms with E-state index in [-0.39, 0.29) is 0 Å². The predicted molar refractivity (Wildman–Crippen MR) is 95.7 cm³/mol. The fraction of sp³-hybridized carbons (Fsp3) is 0.0556. The number of benzene rings is 2. The zero-order valence-corrected chi connectivity index (χ0v) is 14.2. The standard InChI is InChI=1S/C18H15N3O3S/c1-13(22)24-21(20-17(23)15-10-6-3-7-11-15)18-19-16(12-25-18)14-8-4-2-5-9-14/h2-12H,1H3,(H,20,23). The van der Waals surface area contributed by atoms with E-state index in [9.17, 15) is 9.59 Å². The van der Waals surface area contributed by atoms with Crippen molar-refractivity contribution in [2.45, 2.75) is 6.92 Å². The molecule has 126 valence electrons. The van der Waals surface area contributed by atoms with E-state index in [2.05, 4.69) is 10.4 Å². The molecular weight excluding hydrogens is 338 g/mol. The van der Waals surface area contributed by atoms with Gasteiger partial charge >= 0.3 is 5.97 Å². The number of anilines is 1.